The van der Waals surface area contributed by atoms with E-state index < -0.39 is 11.9 Å². The number of hydrogen-bond donors (Lipinski definition) is 0. The molecule has 4 rings (SSSR count). The Morgan fingerprint density at radius 1 is 0.926 bits per heavy atom. The van der Waals surface area contributed by atoms with Gasteiger partial charge in [0.15, 0.2) is 0 Å². The van der Waals surface area contributed by atoms with E-state index in [4.69, 9.17) is 32.7 Å². The predicted octanol–water partition coefficient (Wildman–Crippen LogP) is 3.35. The second-order valence-corrected chi connectivity index (χ2v) is 7.08. The van der Waals surface area contributed by atoms with Crippen LogP contribution in [0.15, 0.2) is 34.3 Å². The van der Waals surface area contributed by atoms with Crippen molar-refractivity contribution in [3.63, 3.8) is 0 Å². The first-order valence-corrected chi connectivity index (χ1v) is 9.18. The number of nitrogens with zero attached hydrogens (tertiary/aromatic N) is 2. The lowest BCUT2D eigenvalue weighted by molar-refractivity contribution is -0.136. The topological polar surface area (TPSA) is 62.5 Å². The summed E-state index contributed by atoms with van der Waals surface area (Å²) in [6.07, 6.45) is 0.643. The third-order valence-corrected chi connectivity index (χ3v) is 5.31. The van der Waals surface area contributed by atoms with Gasteiger partial charge in [-0.1, -0.05) is 23.2 Å². The van der Waals surface area contributed by atoms with Crippen molar-refractivity contribution in [2.45, 2.75) is 19.8 Å². The molecule has 2 aliphatic rings. The number of carbonyl (C=O) groups is 2. The van der Waals surface area contributed by atoms with E-state index in [0.29, 0.717) is 45.4 Å². The molecule has 0 N–H and O–H groups in total. The fraction of sp³-hybridized carbons (Fsp3) is 0.263. The number of aromatic nitrogens is 2. The van der Waals surface area contributed by atoms with Crippen LogP contribution in [0.5, 0.6) is 0 Å². The van der Waals surface area contributed by atoms with Crippen molar-refractivity contribution < 1.29 is 19.1 Å². The van der Waals surface area contributed by atoms with Crippen molar-refractivity contribution in [3.8, 4) is 0 Å². The largest absolute Gasteiger partial charge is 0.465 e. The van der Waals surface area contributed by atoms with Gasteiger partial charge in [0.2, 0.25) is 0 Å². The van der Waals surface area contributed by atoms with E-state index in [9.17, 15) is 9.59 Å². The van der Waals surface area contributed by atoms with E-state index in [-0.39, 0.29) is 6.61 Å². The molecule has 2 aliphatic heterocycles. The minimum Gasteiger partial charge on any atom is -0.465 e. The zero-order chi connectivity index (χ0) is 19.3. The van der Waals surface area contributed by atoms with Crippen LogP contribution < -0.4 is 0 Å². The first-order chi connectivity index (χ1) is 13.0. The van der Waals surface area contributed by atoms with E-state index >= 15 is 0 Å². The molecule has 0 unspecified atom stereocenters. The van der Waals surface area contributed by atoms with Crippen LogP contribution in [0.2, 0.25) is 0 Å². The maximum Gasteiger partial charge on any atom is 0.341 e. The predicted molar refractivity (Wildman–Crippen MR) is 101 cm³/mol. The van der Waals surface area contributed by atoms with Crippen LogP contribution in [0.4, 0.5) is 0 Å². The second kappa shape index (κ2) is 6.62. The first-order valence-electron chi connectivity index (χ1n) is 8.43. The van der Waals surface area contributed by atoms with Crippen molar-refractivity contribution in [1.82, 2.24) is 9.35 Å². The molecule has 0 bridgehead atoms. The maximum absolute atomic E-state index is 12.6. The zero-order valence-electron chi connectivity index (χ0n) is 14.7. The number of ether oxygens (including phenoxy) is 2. The lowest BCUT2D eigenvalue weighted by Crippen LogP contribution is -2.19. The summed E-state index contributed by atoms with van der Waals surface area (Å²) >= 11 is 13.0. The fourth-order valence-electron chi connectivity index (χ4n) is 3.57. The van der Waals surface area contributed by atoms with Gasteiger partial charge in [-0.3, -0.25) is 9.35 Å². The molecule has 4 heterocycles. The van der Waals surface area contributed by atoms with Gasteiger partial charge in [0, 0.05) is 34.3 Å². The number of hydrogen-bond acceptors (Lipinski definition) is 4. The van der Waals surface area contributed by atoms with Crippen molar-refractivity contribution in [2.24, 2.45) is 0 Å². The lowest BCUT2D eigenvalue weighted by Gasteiger charge is -2.17. The van der Waals surface area contributed by atoms with Crippen LogP contribution in [-0.2, 0) is 31.9 Å². The standard InChI is InChI=1S/C19H16Cl2N2O4/c1-3-27-19(25)17-13(21)9-11-4-6-14-16(18(24)26-2)12(20)8-10-5-7-15(17)23(10)22(11)14/h4-7H,3,8-9H2,1-2H3. The molecule has 140 valence electrons. The summed E-state index contributed by atoms with van der Waals surface area (Å²) < 4.78 is 13.9. The minimum atomic E-state index is -0.512. The quantitative estimate of drug-likeness (QED) is 0.733. The van der Waals surface area contributed by atoms with E-state index in [1.807, 2.05) is 33.6 Å². The molecule has 0 aromatic carbocycles. The Hall–Kier alpha value is -2.44. The monoisotopic (exact) mass is 406 g/mol. The maximum atomic E-state index is 12.6. The fourth-order valence-corrected chi connectivity index (χ4v) is 4.19. The summed E-state index contributed by atoms with van der Waals surface area (Å²) in [5, 5.41) is 0.766. The van der Waals surface area contributed by atoms with Crippen LogP contribution >= 0.6 is 23.2 Å². The van der Waals surface area contributed by atoms with Crippen LogP contribution in [-0.4, -0.2) is 35.0 Å². The average molecular weight is 407 g/mol. The molecule has 0 radical (unpaired) electrons. The van der Waals surface area contributed by atoms with Crippen molar-refractivity contribution in [2.75, 3.05) is 13.7 Å². The number of methoxy groups -OCH3 is 1. The normalized spacial score (nSPS) is 15.3. The average Bonchev–Trinajstić information content (AvgIpc) is 3.13. The first kappa shape index (κ1) is 17.9. The van der Waals surface area contributed by atoms with E-state index in [1.54, 1.807) is 6.92 Å². The highest BCUT2D eigenvalue weighted by Crippen LogP contribution is 2.38. The highest BCUT2D eigenvalue weighted by molar-refractivity contribution is 6.39. The SMILES string of the molecule is CCOC(=O)C1=C(Cl)Cc2ccc3n2-n2c(ccc21)CC(Cl)=C3C(=O)OC. The Kier molecular flexibility index (Phi) is 4.40. The molecule has 0 atom stereocenters. The molecular weight excluding hydrogens is 391 g/mol. The van der Waals surface area contributed by atoms with Gasteiger partial charge >= 0.3 is 11.9 Å². The molecule has 0 spiro atoms. The van der Waals surface area contributed by atoms with Crippen LogP contribution in [0.1, 0.15) is 29.7 Å². The van der Waals surface area contributed by atoms with Gasteiger partial charge in [-0.2, -0.15) is 0 Å². The molecule has 0 saturated carbocycles. The highest BCUT2D eigenvalue weighted by atomic mass is 35.5. The van der Waals surface area contributed by atoms with Gasteiger partial charge in [0.05, 0.1) is 25.1 Å². The number of esters is 2. The van der Waals surface area contributed by atoms with Crippen LogP contribution in [0.3, 0.4) is 0 Å². The molecule has 27 heavy (non-hydrogen) atoms. The van der Waals surface area contributed by atoms with Gasteiger partial charge in [-0.05, 0) is 31.2 Å². The van der Waals surface area contributed by atoms with Crippen molar-refractivity contribution in [1.29, 1.82) is 0 Å². The van der Waals surface area contributed by atoms with Gasteiger partial charge in [0.1, 0.15) is 11.1 Å². The van der Waals surface area contributed by atoms with Gasteiger partial charge < -0.3 is 9.47 Å². The summed E-state index contributed by atoms with van der Waals surface area (Å²) in [5.41, 5.74) is 3.45. The molecule has 2 aromatic heterocycles. The smallest absolute Gasteiger partial charge is 0.341 e. The Morgan fingerprint density at radius 3 is 1.85 bits per heavy atom. The highest BCUT2D eigenvalue weighted by Gasteiger charge is 2.33. The summed E-state index contributed by atoms with van der Waals surface area (Å²) in [7, 11) is 1.32. The molecule has 6 nitrogen and oxygen atoms in total. The summed E-state index contributed by atoms with van der Waals surface area (Å²) in [6, 6.07) is 7.34. The molecule has 2 aromatic rings. The van der Waals surface area contributed by atoms with Gasteiger partial charge in [0.25, 0.3) is 0 Å². The Balaban J connectivity index is 2.01. The molecule has 0 saturated heterocycles. The number of rotatable bonds is 3. The molecular formula is C19H16Cl2N2O4. The zero-order valence-corrected chi connectivity index (χ0v) is 16.2. The Morgan fingerprint density at radius 2 is 1.41 bits per heavy atom. The summed E-state index contributed by atoms with van der Waals surface area (Å²) in [6.45, 7) is 1.99. The van der Waals surface area contributed by atoms with Crippen molar-refractivity contribution in [3.05, 3.63) is 57.1 Å². The van der Waals surface area contributed by atoms with Crippen LogP contribution in [0, 0.1) is 0 Å². The van der Waals surface area contributed by atoms with Crippen LogP contribution in [0.25, 0.3) is 11.1 Å². The number of allylic oxidation sites excluding steroid dienone is 2. The van der Waals surface area contributed by atoms with E-state index in [1.165, 1.54) is 7.11 Å². The Bertz CT molecular complexity index is 1040. The molecule has 0 fully saturated rings. The van der Waals surface area contributed by atoms with E-state index in [2.05, 4.69) is 0 Å². The second-order valence-electron chi connectivity index (χ2n) is 6.17. The van der Waals surface area contributed by atoms with E-state index in [0.717, 1.165) is 11.4 Å². The molecule has 0 aliphatic carbocycles. The summed E-state index contributed by atoms with van der Waals surface area (Å²) in [5.74, 6) is -0.991. The third kappa shape index (κ3) is 2.63. The molecule has 8 heteroatoms. The number of halogens is 2. The van der Waals surface area contributed by atoms with Gasteiger partial charge in [-0.15, -0.1) is 0 Å². The minimum absolute atomic E-state index is 0.248. The van der Waals surface area contributed by atoms with Crippen molar-refractivity contribution >= 4 is 46.3 Å². The summed E-state index contributed by atoms with van der Waals surface area (Å²) in [4.78, 5) is 25.0. The Labute approximate surface area is 165 Å². The van der Waals surface area contributed by atoms with Gasteiger partial charge in [-0.25, -0.2) is 9.59 Å². The lowest BCUT2D eigenvalue weighted by atomic mass is 10.1. The molecule has 0 amide bonds. The number of carbonyl (C=O) groups excluding carboxylic acids is 2. The third-order valence-electron chi connectivity index (χ3n) is 4.66.